The molecule has 42 valence electrons. The van der Waals surface area contributed by atoms with Crippen LogP contribution >= 0.6 is 0 Å². The molecule has 0 bridgehead atoms. The summed E-state index contributed by atoms with van der Waals surface area (Å²) in [4.78, 5) is 0. The van der Waals surface area contributed by atoms with Gasteiger partial charge < -0.3 is 0 Å². The number of rotatable bonds is 0. The quantitative estimate of drug-likeness (QED) is 0.415. The third-order valence-electron chi connectivity index (χ3n) is 0.750. The molecule has 3 nitrogen and oxygen atoms in total. The monoisotopic (exact) mass is 122 g/mol. The SMILES string of the molecule is C[C@@H]1CS(=O)(=O)O1. The molecule has 0 N–H and O–H groups in total. The van der Waals surface area contributed by atoms with Crippen LogP contribution in [0.5, 0.6) is 0 Å². The smallest absolute Gasteiger partial charge is 0.266 e. The molecule has 0 amide bonds. The van der Waals surface area contributed by atoms with E-state index in [1.807, 2.05) is 0 Å². The van der Waals surface area contributed by atoms with E-state index in [9.17, 15) is 8.42 Å². The van der Waals surface area contributed by atoms with Gasteiger partial charge in [0.25, 0.3) is 10.1 Å². The minimum Gasteiger partial charge on any atom is -0.266 e. The van der Waals surface area contributed by atoms with E-state index in [-0.39, 0.29) is 11.9 Å². The molecule has 1 heterocycles. The van der Waals surface area contributed by atoms with Crippen molar-refractivity contribution in [3.05, 3.63) is 0 Å². The van der Waals surface area contributed by atoms with Crippen LogP contribution in [-0.4, -0.2) is 20.3 Å². The maximum atomic E-state index is 10.1. The Hall–Kier alpha value is -0.0900. The summed E-state index contributed by atoms with van der Waals surface area (Å²) >= 11 is 0. The zero-order valence-corrected chi connectivity index (χ0v) is 4.73. The lowest BCUT2D eigenvalue weighted by molar-refractivity contribution is 0.198. The third kappa shape index (κ3) is 0.920. The van der Waals surface area contributed by atoms with Crippen LogP contribution in [0.4, 0.5) is 0 Å². The second kappa shape index (κ2) is 1.20. The highest BCUT2D eigenvalue weighted by Gasteiger charge is 2.30. The van der Waals surface area contributed by atoms with Crippen LogP contribution in [0.3, 0.4) is 0 Å². The Morgan fingerprint density at radius 3 is 2.14 bits per heavy atom. The van der Waals surface area contributed by atoms with Gasteiger partial charge in [0.2, 0.25) is 0 Å². The first-order valence-corrected chi connectivity index (χ1v) is 3.59. The zero-order chi connectivity index (χ0) is 5.49. The minimum absolute atomic E-state index is 0.0787. The first-order valence-electron chi connectivity index (χ1n) is 2.01. The summed E-state index contributed by atoms with van der Waals surface area (Å²) in [6.07, 6.45) is -0.0787. The average Bonchev–Trinajstić information content (AvgIpc) is 1.27. The van der Waals surface area contributed by atoms with Crippen molar-refractivity contribution in [1.82, 2.24) is 0 Å². The molecule has 0 aromatic rings. The van der Waals surface area contributed by atoms with E-state index in [0.717, 1.165) is 0 Å². The van der Waals surface area contributed by atoms with Gasteiger partial charge in [0.1, 0.15) is 5.75 Å². The van der Waals surface area contributed by atoms with E-state index in [4.69, 9.17) is 0 Å². The Morgan fingerprint density at radius 2 is 2.14 bits per heavy atom. The second-order valence-corrected chi connectivity index (χ2v) is 3.27. The second-order valence-electron chi connectivity index (χ2n) is 1.63. The molecule has 0 unspecified atom stereocenters. The Morgan fingerprint density at radius 1 is 1.71 bits per heavy atom. The molecule has 1 saturated heterocycles. The molecular weight excluding hydrogens is 116 g/mol. The molecular formula is C3H6O3S. The van der Waals surface area contributed by atoms with Gasteiger partial charge in [-0.1, -0.05) is 0 Å². The first-order chi connectivity index (χ1) is 3.10. The third-order valence-corrected chi connectivity index (χ3v) is 2.25. The van der Waals surface area contributed by atoms with Crippen molar-refractivity contribution in [2.24, 2.45) is 0 Å². The van der Waals surface area contributed by atoms with Crippen LogP contribution in [0.25, 0.3) is 0 Å². The van der Waals surface area contributed by atoms with E-state index in [1.54, 1.807) is 6.92 Å². The Balaban J connectivity index is 2.61. The van der Waals surface area contributed by atoms with Gasteiger partial charge in [0, 0.05) is 0 Å². The number of hydrogen-bond donors (Lipinski definition) is 0. The topological polar surface area (TPSA) is 43.4 Å². The molecule has 7 heavy (non-hydrogen) atoms. The Kier molecular flexibility index (Phi) is 0.864. The lowest BCUT2D eigenvalue weighted by Gasteiger charge is -2.20. The van der Waals surface area contributed by atoms with Crippen LogP contribution in [-0.2, 0) is 14.3 Å². The van der Waals surface area contributed by atoms with Gasteiger partial charge in [-0.15, -0.1) is 0 Å². The van der Waals surface area contributed by atoms with Crippen LogP contribution in [0.1, 0.15) is 6.92 Å². The fourth-order valence-corrected chi connectivity index (χ4v) is 1.59. The molecule has 0 spiro atoms. The summed E-state index contributed by atoms with van der Waals surface area (Å²) < 4.78 is 24.4. The van der Waals surface area contributed by atoms with E-state index in [0.29, 0.717) is 0 Å². The molecule has 0 saturated carbocycles. The van der Waals surface area contributed by atoms with Crippen LogP contribution in [0.2, 0.25) is 0 Å². The van der Waals surface area contributed by atoms with Gasteiger partial charge in [-0.2, -0.15) is 8.42 Å². The lowest BCUT2D eigenvalue weighted by atomic mass is 10.5. The van der Waals surface area contributed by atoms with Gasteiger partial charge in [-0.25, -0.2) is 0 Å². The minimum atomic E-state index is -3.03. The molecule has 0 aromatic carbocycles. The summed E-state index contributed by atoms with van der Waals surface area (Å²) in [5.74, 6) is 0.188. The van der Waals surface area contributed by atoms with Crippen molar-refractivity contribution in [1.29, 1.82) is 0 Å². The highest BCUT2D eigenvalue weighted by molar-refractivity contribution is 7.87. The normalized spacial score (nSPS) is 37.0. The summed E-state index contributed by atoms with van der Waals surface area (Å²) in [5, 5.41) is 0. The van der Waals surface area contributed by atoms with E-state index < -0.39 is 10.1 Å². The fraction of sp³-hybridized carbons (Fsp3) is 1.00. The predicted molar refractivity (Wildman–Crippen MR) is 24.3 cm³/mol. The highest BCUT2D eigenvalue weighted by atomic mass is 32.2. The standard InChI is InChI=1S/C3H6O3S/c1-3-2-7(4,5)6-3/h3H,2H2,1H3/t3-/m1/s1. The van der Waals surface area contributed by atoms with Crippen molar-refractivity contribution < 1.29 is 12.6 Å². The van der Waals surface area contributed by atoms with Crippen molar-refractivity contribution in [3.63, 3.8) is 0 Å². The summed E-state index contributed by atoms with van der Waals surface area (Å²) in [6, 6.07) is 0. The first kappa shape index (κ1) is 5.05. The summed E-state index contributed by atoms with van der Waals surface area (Å²) in [7, 11) is -3.03. The molecule has 1 rings (SSSR count). The number of hydrogen-bond acceptors (Lipinski definition) is 3. The van der Waals surface area contributed by atoms with Crippen molar-refractivity contribution in [2.45, 2.75) is 13.0 Å². The van der Waals surface area contributed by atoms with Crippen molar-refractivity contribution in [2.75, 3.05) is 5.75 Å². The van der Waals surface area contributed by atoms with Crippen LogP contribution in [0, 0.1) is 0 Å². The summed E-state index contributed by atoms with van der Waals surface area (Å²) in [6.45, 7) is 1.72. The van der Waals surface area contributed by atoms with Crippen molar-refractivity contribution in [3.8, 4) is 0 Å². The Bertz CT molecular complexity index is 145. The molecule has 0 aromatic heterocycles. The average molecular weight is 122 g/mol. The van der Waals surface area contributed by atoms with Gasteiger partial charge >= 0.3 is 0 Å². The molecule has 0 radical (unpaired) electrons. The molecule has 0 aliphatic carbocycles. The zero-order valence-electron chi connectivity index (χ0n) is 3.92. The molecule has 1 aliphatic heterocycles. The van der Waals surface area contributed by atoms with Gasteiger partial charge in [-0.3, -0.25) is 4.18 Å². The van der Waals surface area contributed by atoms with Gasteiger partial charge in [-0.05, 0) is 6.92 Å². The van der Waals surface area contributed by atoms with E-state index >= 15 is 0 Å². The lowest BCUT2D eigenvalue weighted by Crippen LogP contribution is -2.35. The van der Waals surface area contributed by atoms with Crippen LogP contribution in [0.15, 0.2) is 0 Å². The van der Waals surface area contributed by atoms with E-state index in [2.05, 4.69) is 4.18 Å². The maximum absolute atomic E-state index is 10.1. The molecule has 1 fully saturated rings. The molecule has 1 aliphatic rings. The van der Waals surface area contributed by atoms with E-state index in [1.165, 1.54) is 0 Å². The highest BCUT2D eigenvalue weighted by Crippen LogP contribution is 2.13. The van der Waals surface area contributed by atoms with Gasteiger partial charge in [0.05, 0.1) is 6.10 Å². The predicted octanol–water partition coefficient (Wildman–Crippen LogP) is -0.265. The van der Waals surface area contributed by atoms with Crippen molar-refractivity contribution >= 4 is 10.1 Å². The van der Waals surface area contributed by atoms with Crippen LogP contribution < -0.4 is 0 Å². The maximum Gasteiger partial charge on any atom is 0.270 e. The molecule has 1 atom stereocenters. The fourth-order valence-electron chi connectivity index (χ4n) is 0.530. The largest absolute Gasteiger partial charge is 0.270 e. The summed E-state index contributed by atoms with van der Waals surface area (Å²) in [5.41, 5.74) is 0. The molecule has 4 heteroatoms. The van der Waals surface area contributed by atoms with Gasteiger partial charge in [0.15, 0.2) is 0 Å². The Labute approximate surface area is 42.4 Å².